The van der Waals surface area contributed by atoms with Gasteiger partial charge in [0.2, 0.25) is 0 Å². The second-order valence-corrected chi connectivity index (χ2v) is 6.36. The first kappa shape index (κ1) is 16.6. The second kappa shape index (κ2) is 8.02. The molecular formula is C19H28N2O. The SMILES string of the molecule is CCC(C)c1ccccc1NC(=O)N/C=C(\C)C1CCCC1. The maximum absolute atomic E-state index is 12.1. The van der Waals surface area contributed by atoms with E-state index in [-0.39, 0.29) is 6.03 Å². The molecule has 1 fully saturated rings. The molecule has 0 aromatic heterocycles. The Morgan fingerprint density at radius 2 is 2.00 bits per heavy atom. The summed E-state index contributed by atoms with van der Waals surface area (Å²) < 4.78 is 0. The molecule has 0 saturated heterocycles. The maximum Gasteiger partial charge on any atom is 0.323 e. The monoisotopic (exact) mass is 300 g/mol. The molecule has 0 spiro atoms. The van der Waals surface area contributed by atoms with Gasteiger partial charge in [-0.2, -0.15) is 0 Å². The molecule has 0 aliphatic heterocycles. The average Bonchev–Trinajstić information content (AvgIpc) is 3.07. The Labute approximate surface area is 134 Å². The summed E-state index contributed by atoms with van der Waals surface area (Å²) in [5.74, 6) is 1.08. The topological polar surface area (TPSA) is 41.1 Å². The zero-order valence-electron chi connectivity index (χ0n) is 14.0. The zero-order chi connectivity index (χ0) is 15.9. The summed E-state index contributed by atoms with van der Waals surface area (Å²) in [7, 11) is 0. The van der Waals surface area contributed by atoms with E-state index in [2.05, 4.69) is 37.5 Å². The minimum atomic E-state index is -0.159. The van der Waals surface area contributed by atoms with Crippen molar-refractivity contribution in [3.63, 3.8) is 0 Å². The lowest BCUT2D eigenvalue weighted by Gasteiger charge is -2.16. The van der Waals surface area contributed by atoms with E-state index in [4.69, 9.17) is 0 Å². The summed E-state index contributed by atoms with van der Waals surface area (Å²) in [6.07, 6.45) is 8.05. The van der Waals surface area contributed by atoms with E-state index in [1.165, 1.54) is 36.8 Å². The molecule has 1 atom stereocenters. The Bertz CT molecular complexity index is 530. The van der Waals surface area contributed by atoms with Gasteiger partial charge in [0.1, 0.15) is 0 Å². The first-order chi connectivity index (χ1) is 10.6. The molecule has 3 heteroatoms. The van der Waals surface area contributed by atoms with Gasteiger partial charge in [0, 0.05) is 11.9 Å². The van der Waals surface area contributed by atoms with E-state index in [1.807, 2.05) is 24.4 Å². The lowest BCUT2D eigenvalue weighted by atomic mass is 9.97. The van der Waals surface area contributed by atoms with Crippen molar-refractivity contribution in [1.29, 1.82) is 0 Å². The predicted octanol–water partition coefficient (Wildman–Crippen LogP) is 5.42. The number of para-hydroxylation sites is 1. The molecule has 1 aromatic rings. The Morgan fingerprint density at radius 3 is 2.68 bits per heavy atom. The molecule has 1 saturated carbocycles. The van der Waals surface area contributed by atoms with Crippen LogP contribution in [0.1, 0.15) is 64.4 Å². The van der Waals surface area contributed by atoms with Crippen LogP contribution < -0.4 is 10.6 Å². The van der Waals surface area contributed by atoms with Crippen molar-refractivity contribution in [3.05, 3.63) is 41.6 Å². The lowest BCUT2D eigenvalue weighted by Crippen LogP contribution is -2.25. The molecular weight excluding hydrogens is 272 g/mol. The quantitative estimate of drug-likeness (QED) is 0.749. The molecule has 22 heavy (non-hydrogen) atoms. The number of hydrogen-bond donors (Lipinski definition) is 2. The molecule has 1 aliphatic carbocycles. The molecule has 2 rings (SSSR count). The average molecular weight is 300 g/mol. The van der Waals surface area contributed by atoms with Gasteiger partial charge in [0.25, 0.3) is 0 Å². The zero-order valence-corrected chi connectivity index (χ0v) is 14.0. The van der Waals surface area contributed by atoms with E-state index in [0.29, 0.717) is 11.8 Å². The molecule has 0 radical (unpaired) electrons. The Balaban J connectivity index is 1.96. The van der Waals surface area contributed by atoms with Gasteiger partial charge in [-0.1, -0.05) is 50.5 Å². The number of carbonyl (C=O) groups excluding carboxylic acids is 1. The predicted molar refractivity (Wildman–Crippen MR) is 93.0 cm³/mol. The summed E-state index contributed by atoms with van der Waals surface area (Å²) in [6.45, 7) is 6.46. The third-order valence-corrected chi connectivity index (χ3v) is 4.78. The van der Waals surface area contributed by atoms with Gasteiger partial charge in [-0.05, 0) is 49.7 Å². The minimum absolute atomic E-state index is 0.159. The van der Waals surface area contributed by atoms with Crippen molar-refractivity contribution < 1.29 is 4.79 Å². The molecule has 120 valence electrons. The fourth-order valence-corrected chi connectivity index (χ4v) is 3.10. The lowest BCUT2D eigenvalue weighted by molar-refractivity contribution is 0.255. The van der Waals surface area contributed by atoms with Crippen molar-refractivity contribution in [2.45, 2.75) is 58.8 Å². The second-order valence-electron chi connectivity index (χ2n) is 6.36. The van der Waals surface area contributed by atoms with Gasteiger partial charge >= 0.3 is 6.03 Å². The number of amides is 2. The highest BCUT2D eigenvalue weighted by atomic mass is 16.2. The molecule has 1 aromatic carbocycles. The third kappa shape index (κ3) is 4.36. The Kier molecular flexibility index (Phi) is 6.05. The van der Waals surface area contributed by atoms with Crippen LogP contribution in [0.25, 0.3) is 0 Å². The van der Waals surface area contributed by atoms with Crippen molar-refractivity contribution in [2.24, 2.45) is 5.92 Å². The summed E-state index contributed by atoms with van der Waals surface area (Å²) in [5, 5.41) is 5.86. The highest BCUT2D eigenvalue weighted by Gasteiger charge is 2.16. The van der Waals surface area contributed by atoms with Crippen LogP contribution in [0.15, 0.2) is 36.0 Å². The summed E-state index contributed by atoms with van der Waals surface area (Å²) in [5.41, 5.74) is 3.38. The number of rotatable bonds is 5. The minimum Gasteiger partial charge on any atom is -0.314 e. The molecule has 0 bridgehead atoms. The first-order valence-corrected chi connectivity index (χ1v) is 8.45. The van der Waals surface area contributed by atoms with Crippen LogP contribution in [-0.2, 0) is 0 Å². The molecule has 3 nitrogen and oxygen atoms in total. The van der Waals surface area contributed by atoms with Crippen molar-refractivity contribution in [2.75, 3.05) is 5.32 Å². The molecule has 2 amide bonds. The van der Waals surface area contributed by atoms with Crippen LogP contribution in [0.2, 0.25) is 0 Å². The van der Waals surface area contributed by atoms with E-state index in [1.54, 1.807) is 0 Å². The summed E-state index contributed by atoms with van der Waals surface area (Å²) in [6, 6.07) is 7.88. The van der Waals surface area contributed by atoms with Crippen LogP contribution >= 0.6 is 0 Å². The fourth-order valence-electron chi connectivity index (χ4n) is 3.10. The Hall–Kier alpha value is -1.77. The molecule has 0 heterocycles. The van der Waals surface area contributed by atoms with Crippen LogP contribution in [0.3, 0.4) is 0 Å². The Morgan fingerprint density at radius 1 is 1.32 bits per heavy atom. The number of anilines is 1. The number of benzene rings is 1. The summed E-state index contributed by atoms with van der Waals surface area (Å²) in [4.78, 5) is 12.1. The van der Waals surface area contributed by atoms with E-state index in [0.717, 1.165) is 12.1 Å². The van der Waals surface area contributed by atoms with E-state index < -0.39 is 0 Å². The molecule has 1 unspecified atom stereocenters. The van der Waals surface area contributed by atoms with Crippen LogP contribution in [0.5, 0.6) is 0 Å². The van der Waals surface area contributed by atoms with E-state index in [9.17, 15) is 4.79 Å². The van der Waals surface area contributed by atoms with Gasteiger partial charge in [0.15, 0.2) is 0 Å². The number of nitrogens with one attached hydrogen (secondary N) is 2. The molecule has 1 aliphatic rings. The van der Waals surface area contributed by atoms with Gasteiger partial charge in [-0.3, -0.25) is 0 Å². The van der Waals surface area contributed by atoms with Gasteiger partial charge in [-0.15, -0.1) is 0 Å². The highest BCUT2D eigenvalue weighted by Crippen LogP contribution is 2.30. The maximum atomic E-state index is 12.1. The fraction of sp³-hybridized carbons (Fsp3) is 0.526. The number of allylic oxidation sites excluding steroid dienone is 1. The molecule has 2 N–H and O–H groups in total. The first-order valence-electron chi connectivity index (χ1n) is 8.45. The number of carbonyl (C=O) groups is 1. The van der Waals surface area contributed by atoms with Crippen LogP contribution in [0, 0.1) is 5.92 Å². The van der Waals surface area contributed by atoms with Crippen molar-refractivity contribution >= 4 is 11.7 Å². The highest BCUT2D eigenvalue weighted by molar-refractivity contribution is 5.90. The van der Waals surface area contributed by atoms with Crippen LogP contribution in [0.4, 0.5) is 10.5 Å². The van der Waals surface area contributed by atoms with Crippen molar-refractivity contribution in [3.8, 4) is 0 Å². The smallest absolute Gasteiger partial charge is 0.314 e. The van der Waals surface area contributed by atoms with Crippen molar-refractivity contribution in [1.82, 2.24) is 5.32 Å². The largest absolute Gasteiger partial charge is 0.323 e. The van der Waals surface area contributed by atoms with Gasteiger partial charge in [0.05, 0.1) is 0 Å². The van der Waals surface area contributed by atoms with E-state index >= 15 is 0 Å². The van der Waals surface area contributed by atoms with Gasteiger partial charge < -0.3 is 10.6 Å². The van der Waals surface area contributed by atoms with Gasteiger partial charge in [-0.25, -0.2) is 4.79 Å². The number of urea groups is 1. The number of hydrogen-bond acceptors (Lipinski definition) is 1. The third-order valence-electron chi connectivity index (χ3n) is 4.78. The normalized spacial score (nSPS) is 17.3. The standard InChI is InChI=1S/C19H28N2O/c1-4-14(2)17-11-7-8-12-18(17)21-19(22)20-13-15(3)16-9-5-6-10-16/h7-8,11-14,16H,4-6,9-10H2,1-3H3,(H2,20,21,22)/b15-13+. The summed E-state index contributed by atoms with van der Waals surface area (Å²) >= 11 is 0. The van der Waals surface area contributed by atoms with Crippen LogP contribution in [-0.4, -0.2) is 6.03 Å².